The van der Waals surface area contributed by atoms with Crippen LogP contribution in [0.15, 0.2) is 22.8 Å². The molecule has 4 nitrogen and oxygen atoms in total. The van der Waals surface area contributed by atoms with Gasteiger partial charge in [0.1, 0.15) is 5.82 Å². The molecule has 6 heteroatoms. The van der Waals surface area contributed by atoms with E-state index in [1.54, 1.807) is 6.20 Å². The maximum atomic E-state index is 11.2. The molecule has 1 fully saturated rings. The van der Waals surface area contributed by atoms with Gasteiger partial charge in [0.2, 0.25) is 0 Å². The quantitative estimate of drug-likeness (QED) is 0.923. The van der Waals surface area contributed by atoms with Gasteiger partial charge in [-0.1, -0.05) is 0 Å². The van der Waals surface area contributed by atoms with Crippen molar-refractivity contribution in [2.45, 2.75) is 6.42 Å². The fourth-order valence-electron chi connectivity index (χ4n) is 1.76. The van der Waals surface area contributed by atoms with Crippen LogP contribution >= 0.6 is 15.9 Å². The molecule has 1 N–H and O–H groups in total. The Balaban J connectivity index is 1.87. The number of anilines is 1. The molecule has 1 aromatic heterocycles. The lowest BCUT2D eigenvalue weighted by atomic mass is 10.1. The van der Waals surface area contributed by atoms with Crippen molar-refractivity contribution >= 4 is 31.6 Å². The predicted octanol–water partition coefficient (Wildman–Crippen LogP) is 1.69. The number of pyridine rings is 1. The summed E-state index contributed by atoms with van der Waals surface area (Å²) in [6.45, 7) is 0.674. The molecule has 0 aromatic carbocycles. The third kappa shape index (κ3) is 3.18. The second kappa shape index (κ2) is 4.71. The van der Waals surface area contributed by atoms with Gasteiger partial charge in [-0.05, 0) is 40.4 Å². The SMILES string of the molecule is O=S1(=O)CCC(CNc2ccc(Br)cn2)C1. The molecule has 1 aliphatic rings. The van der Waals surface area contributed by atoms with Crippen LogP contribution in [0.3, 0.4) is 0 Å². The lowest BCUT2D eigenvalue weighted by Crippen LogP contribution is -2.16. The molecule has 0 radical (unpaired) electrons. The molecule has 2 rings (SSSR count). The average molecular weight is 305 g/mol. The number of aromatic nitrogens is 1. The summed E-state index contributed by atoms with van der Waals surface area (Å²) in [4.78, 5) is 4.17. The second-order valence-electron chi connectivity index (χ2n) is 4.01. The average Bonchev–Trinajstić information content (AvgIpc) is 2.58. The lowest BCUT2D eigenvalue weighted by Gasteiger charge is -2.09. The van der Waals surface area contributed by atoms with Crippen molar-refractivity contribution in [1.82, 2.24) is 4.98 Å². The summed E-state index contributed by atoms with van der Waals surface area (Å²) in [5, 5.41) is 3.16. The number of halogens is 1. The minimum atomic E-state index is -2.77. The topological polar surface area (TPSA) is 59.1 Å². The number of nitrogens with one attached hydrogen (secondary N) is 1. The van der Waals surface area contributed by atoms with Gasteiger partial charge >= 0.3 is 0 Å². The van der Waals surface area contributed by atoms with Gasteiger partial charge in [-0.2, -0.15) is 0 Å². The molecule has 1 saturated heterocycles. The summed E-state index contributed by atoms with van der Waals surface area (Å²) in [6, 6.07) is 3.77. The summed E-state index contributed by atoms with van der Waals surface area (Å²) < 4.78 is 23.4. The van der Waals surface area contributed by atoms with Gasteiger partial charge in [0.15, 0.2) is 9.84 Å². The first-order valence-electron chi connectivity index (χ1n) is 5.11. The Bertz CT molecular complexity index is 458. The Morgan fingerprint density at radius 2 is 2.31 bits per heavy atom. The van der Waals surface area contributed by atoms with Gasteiger partial charge < -0.3 is 5.32 Å². The van der Waals surface area contributed by atoms with E-state index in [9.17, 15) is 8.42 Å². The molecule has 88 valence electrons. The van der Waals surface area contributed by atoms with E-state index in [1.165, 1.54) is 0 Å². The highest BCUT2D eigenvalue weighted by Crippen LogP contribution is 2.19. The Hall–Kier alpha value is -0.620. The largest absolute Gasteiger partial charge is 0.370 e. The molecule has 1 aromatic rings. The molecule has 0 aliphatic carbocycles. The zero-order valence-corrected chi connectivity index (χ0v) is 11.1. The number of rotatable bonds is 3. The molecule has 0 spiro atoms. The van der Waals surface area contributed by atoms with Crippen LogP contribution in [0.25, 0.3) is 0 Å². The van der Waals surface area contributed by atoms with Gasteiger partial charge in [-0.25, -0.2) is 13.4 Å². The minimum Gasteiger partial charge on any atom is -0.370 e. The molecule has 16 heavy (non-hydrogen) atoms. The molecule has 0 saturated carbocycles. The Morgan fingerprint density at radius 1 is 1.50 bits per heavy atom. The second-order valence-corrected chi connectivity index (χ2v) is 7.16. The Kier molecular flexibility index (Phi) is 3.49. The third-order valence-corrected chi connectivity index (χ3v) is 4.93. The van der Waals surface area contributed by atoms with Gasteiger partial charge in [0.25, 0.3) is 0 Å². The summed E-state index contributed by atoms with van der Waals surface area (Å²) in [5.41, 5.74) is 0. The fourth-order valence-corrected chi connectivity index (χ4v) is 3.86. The minimum absolute atomic E-state index is 0.218. The number of hydrogen-bond donors (Lipinski definition) is 1. The molecule has 0 amide bonds. The number of nitrogens with zero attached hydrogens (tertiary/aromatic N) is 1. The van der Waals surface area contributed by atoms with E-state index in [1.807, 2.05) is 12.1 Å². The van der Waals surface area contributed by atoms with E-state index < -0.39 is 9.84 Å². The van der Waals surface area contributed by atoms with Crippen LogP contribution in [0.2, 0.25) is 0 Å². The zero-order valence-electron chi connectivity index (χ0n) is 8.69. The van der Waals surface area contributed by atoms with E-state index in [0.29, 0.717) is 18.1 Å². The van der Waals surface area contributed by atoms with Crippen LogP contribution in [-0.2, 0) is 9.84 Å². The van der Waals surface area contributed by atoms with Crippen molar-refractivity contribution < 1.29 is 8.42 Å². The molecule has 1 atom stereocenters. The van der Waals surface area contributed by atoms with E-state index in [4.69, 9.17) is 0 Å². The third-order valence-electron chi connectivity index (χ3n) is 2.63. The molecule has 1 aliphatic heterocycles. The lowest BCUT2D eigenvalue weighted by molar-refractivity contribution is 0.595. The maximum absolute atomic E-state index is 11.2. The maximum Gasteiger partial charge on any atom is 0.150 e. The van der Waals surface area contributed by atoms with E-state index in [0.717, 1.165) is 16.7 Å². The number of hydrogen-bond acceptors (Lipinski definition) is 4. The van der Waals surface area contributed by atoms with Crippen molar-refractivity contribution in [1.29, 1.82) is 0 Å². The molecule has 0 bridgehead atoms. The standard InChI is InChI=1S/C10H13BrN2O2S/c11-9-1-2-10(13-6-9)12-5-8-3-4-16(14,15)7-8/h1-2,6,8H,3-5,7H2,(H,12,13). The zero-order chi connectivity index (χ0) is 11.6. The normalized spacial score (nSPS) is 23.2. The Labute approximate surface area is 104 Å². The highest BCUT2D eigenvalue weighted by atomic mass is 79.9. The van der Waals surface area contributed by atoms with Crippen LogP contribution in [0.4, 0.5) is 5.82 Å². The van der Waals surface area contributed by atoms with Crippen LogP contribution in [-0.4, -0.2) is 31.5 Å². The molecule has 2 heterocycles. The van der Waals surface area contributed by atoms with E-state index >= 15 is 0 Å². The van der Waals surface area contributed by atoms with E-state index in [2.05, 4.69) is 26.2 Å². The smallest absolute Gasteiger partial charge is 0.150 e. The summed E-state index contributed by atoms with van der Waals surface area (Å²) in [6.07, 6.45) is 2.47. The highest BCUT2D eigenvalue weighted by molar-refractivity contribution is 9.10. The molecular weight excluding hydrogens is 292 g/mol. The summed E-state index contributed by atoms with van der Waals surface area (Å²) in [5.74, 6) is 1.63. The monoisotopic (exact) mass is 304 g/mol. The van der Waals surface area contributed by atoms with Crippen molar-refractivity contribution in [2.75, 3.05) is 23.4 Å². The van der Waals surface area contributed by atoms with Crippen LogP contribution in [0.1, 0.15) is 6.42 Å². The van der Waals surface area contributed by atoms with Crippen molar-refractivity contribution in [3.63, 3.8) is 0 Å². The van der Waals surface area contributed by atoms with Gasteiger partial charge in [-0.3, -0.25) is 0 Å². The van der Waals surface area contributed by atoms with Crippen molar-refractivity contribution in [3.8, 4) is 0 Å². The summed E-state index contributed by atoms with van der Waals surface area (Å²) >= 11 is 3.31. The number of sulfone groups is 1. The van der Waals surface area contributed by atoms with Crippen molar-refractivity contribution in [2.24, 2.45) is 5.92 Å². The Morgan fingerprint density at radius 3 is 2.88 bits per heavy atom. The van der Waals surface area contributed by atoms with Gasteiger partial charge in [0, 0.05) is 17.2 Å². The van der Waals surface area contributed by atoms with Crippen LogP contribution < -0.4 is 5.32 Å². The first-order chi connectivity index (χ1) is 7.55. The predicted molar refractivity (Wildman–Crippen MR) is 67.2 cm³/mol. The van der Waals surface area contributed by atoms with Crippen LogP contribution in [0, 0.1) is 5.92 Å². The first kappa shape index (κ1) is 11.9. The first-order valence-corrected chi connectivity index (χ1v) is 7.72. The van der Waals surface area contributed by atoms with Gasteiger partial charge in [0.05, 0.1) is 11.5 Å². The highest BCUT2D eigenvalue weighted by Gasteiger charge is 2.27. The van der Waals surface area contributed by atoms with Gasteiger partial charge in [-0.15, -0.1) is 0 Å². The van der Waals surface area contributed by atoms with Crippen molar-refractivity contribution in [3.05, 3.63) is 22.8 Å². The van der Waals surface area contributed by atoms with Crippen LogP contribution in [0.5, 0.6) is 0 Å². The molecule has 1 unspecified atom stereocenters. The fraction of sp³-hybridized carbons (Fsp3) is 0.500. The summed E-state index contributed by atoms with van der Waals surface area (Å²) in [7, 11) is -2.77. The van der Waals surface area contributed by atoms with E-state index in [-0.39, 0.29) is 5.92 Å². The molecular formula is C10H13BrN2O2S.